The van der Waals surface area contributed by atoms with Crippen LogP contribution in [0.2, 0.25) is 0 Å². The molecule has 0 bridgehead atoms. The van der Waals surface area contributed by atoms with Crippen molar-refractivity contribution in [2.45, 2.75) is 44.9 Å². The van der Waals surface area contributed by atoms with Crippen molar-refractivity contribution in [3.05, 3.63) is 35.4 Å². The van der Waals surface area contributed by atoms with Crippen LogP contribution in [0, 0.1) is 0 Å². The quantitative estimate of drug-likeness (QED) is 0.889. The van der Waals surface area contributed by atoms with E-state index >= 15 is 0 Å². The number of nitrogens with one attached hydrogen (secondary N) is 1. The maximum atomic E-state index is 12.5. The van der Waals surface area contributed by atoms with Crippen LogP contribution in [0.3, 0.4) is 0 Å². The summed E-state index contributed by atoms with van der Waals surface area (Å²) >= 11 is 0. The Morgan fingerprint density at radius 2 is 1.95 bits per heavy atom. The van der Waals surface area contributed by atoms with Crippen molar-refractivity contribution >= 4 is 0 Å². The van der Waals surface area contributed by atoms with Gasteiger partial charge in [-0.15, -0.1) is 0 Å². The lowest BCUT2D eigenvalue weighted by atomic mass is 10.1. The van der Waals surface area contributed by atoms with E-state index in [4.69, 9.17) is 0 Å². The third-order valence-corrected chi connectivity index (χ3v) is 4.30. The number of halogens is 3. The van der Waals surface area contributed by atoms with Gasteiger partial charge in [-0.2, -0.15) is 13.2 Å². The lowest BCUT2D eigenvalue weighted by Gasteiger charge is -2.25. The molecule has 1 fully saturated rings. The molecule has 1 saturated heterocycles. The number of hydrogen-bond acceptors (Lipinski definition) is 2. The van der Waals surface area contributed by atoms with Crippen LogP contribution in [-0.4, -0.2) is 30.6 Å². The van der Waals surface area contributed by atoms with Crippen LogP contribution in [0.25, 0.3) is 0 Å². The van der Waals surface area contributed by atoms with Crippen molar-refractivity contribution in [2.75, 3.05) is 19.6 Å². The van der Waals surface area contributed by atoms with Crippen molar-refractivity contribution < 1.29 is 13.2 Å². The fourth-order valence-corrected chi connectivity index (χ4v) is 2.93. The molecular weight excluding hydrogens is 277 g/mol. The smallest absolute Gasteiger partial charge is 0.309 e. The van der Waals surface area contributed by atoms with Crippen molar-refractivity contribution in [1.29, 1.82) is 0 Å². The Balaban J connectivity index is 1.90. The van der Waals surface area contributed by atoms with Gasteiger partial charge in [0.2, 0.25) is 0 Å². The van der Waals surface area contributed by atoms with E-state index in [2.05, 4.69) is 17.1 Å². The van der Waals surface area contributed by atoms with E-state index in [0.29, 0.717) is 6.04 Å². The van der Waals surface area contributed by atoms with Gasteiger partial charge in [0.05, 0.1) is 5.56 Å². The second-order valence-electron chi connectivity index (χ2n) is 5.67. The summed E-state index contributed by atoms with van der Waals surface area (Å²) in [5, 5.41) is 3.44. The fourth-order valence-electron chi connectivity index (χ4n) is 2.93. The topological polar surface area (TPSA) is 15.3 Å². The van der Waals surface area contributed by atoms with Crippen molar-refractivity contribution in [3.63, 3.8) is 0 Å². The molecule has 0 radical (unpaired) electrons. The molecule has 1 heterocycles. The van der Waals surface area contributed by atoms with Crippen LogP contribution in [0.1, 0.15) is 43.9 Å². The zero-order valence-electron chi connectivity index (χ0n) is 12.6. The molecule has 21 heavy (non-hydrogen) atoms. The minimum absolute atomic E-state index is 0.0617. The monoisotopic (exact) mass is 300 g/mol. The third kappa shape index (κ3) is 4.20. The Bertz CT molecular complexity index is 442. The molecule has 2 rings (SSSR count). The first kappa shape index (κ1) is 16.3. The molecule has 0 saturated carbocycles. The van der Waals surface area contributed by atoms with Gasteiger partial charge < -0.3 is 5.32 Å². The predicted molar refractivity (Wildman–Crippen MR) is 78.1 cm³/mol. The van der Waals surface area contributed by atoms with E-state index < -0.39 is 11.7 Å². The molecule has 2 unspecified atom stereocenters. The molecule has 1 aromatic carbocycles. The molecule has 0 amide bonds. The van der Waals surface area contributed by atoms with E-state index in [0.717, 1.165) is 37.3 Å². The van der Waals surface area contributed by atoms with Crippen LogP contribution in [-0.2, 0) is 6.18 Å². The minimum atomic E-state index is -4.26. The van der Waals surface area contributed by atoms with Crippen molar-refractivity contribution in [2.24, 2.45) is 0 Å². The van der Waals surface area contributed by atoms with Crippen molar-refractivity contribution in [1.82, 2.24) is 10.2 Å². The Morgan fingerprint density at radius 3 is 2.52 bits per heavy atom. The highest BCUT2D eigenvalue weighted by atomic mass is 19.4. The first-order valence-corrected chi connectivity index (χ1v) is 7.56. The number of likely N-dealkylation sites (tertiary alicyclic amines) is 1. The van der Waals surface area contributed by atoms with E-state index in [1.807, 2.05) is 6.92 Å². The molecule has 118 valence electrons. The Kier molecular flexibility index (Phi) is 5.27. The molecule has 2 nitrogen and oxygen atoms in total. The molecule has 0 aliphatic carbocycles. The summed E-state index contributed by atoms with van der Waals surface area (Å²) in [6, 6.07) is 6.04. The maximum absolute atomic E-state index is 12.5. The largest absolute Gasteiger partial charge is 0.416 e. The average molecular weight is 300 g/mol. The maximum Gasteiger partial charge on any atom is 0.416 e. The standard InChI is InChI=1S/C16H23F3N2/c1-3-21-10-4-5-15(21)11-20-12(2)13-6-8-14(9-7-13)16(17,18)19/h6-9,12,15,20H,3-5,10-11H2,1-2H3. The summed E-state index contributed by atoms with van der Waals surface area (Å²) in [6.07, 6.45) is -1.84. The van der Waals surface area contributed by atoms with Crippen LogP contribution in [0.4, 0.5) is 13.2 Å². The van der Waals surface area contributed by atoms with E-state index in [9.17, 15) is 13.2 Å². The highest BCUT2D eigenvalue weighted by molar-refractivity contribution is 5.26. The van der Waals surface area contributed by atoms with Crippen LogP contribution in [0.15, 0.2) is 24.3 Å². The summed E-state index contributed by atoms with van der Waals surface area (Å²) in [6.45, 7) is 7.25. The highest BCUT2D eigenvalue weighted by Crippen LogP contribution is 2.30. The van der Waals surface area contributed by atoms with Crippen LogP contribution < -0.4 is 5.32 Å². The van der Waals surface area contributed by atoms with E-state index in [1.165, 1.54) is 12.8 Å². The number of likely N-dealkylation sites (N-methyl/N-ethyl adjacent to an activating group) is 1. The van der Waals surface area contributed by atoms with Gasteiger partial charge in [-0.05, 0) is 50.6 Å². The highest BCUT2D eigenvalue weighted by Gasteiger charge is 2.30. The molecule has 1 aliphatic heterocycles. The second kappa shape index (κ2) is 6.79. The predicted octanol–water partition coefficient (Wildman–Crippen LogP) is 3.84. The van der Waals surface area contributed by atoms with Gasteiger partial charge in [0.1, 0.15) is 0 Å². The van der Waals surface area contributed by atoms with Gasteiger partial charge in [0.15, 0.2) is 0 Å². The average Bonchev–Trinajstić information content (AvgIpc) is 2.91. The van der Waals surface area contributed by atoms with Gasteiger partial charge in [-0.3, -0.25) is 4.90 Å². The molecule has 1 aromatic rings. The zero-order chi connectivity index (χ0) is 15.5. The summed E-state index contributed by atoms with van der Waals surface area (Å²) in [7, 11) is 0. The molecule has 1 N–H and O–H groups in total. The molecular formula is C16H23F3N2. The fraction of sp³-hybridized carbons (Fsp3) is 0.625. The summed E-state index contributed by atoms with van der Waals surface area (Å²) < 4.78 is 37.6. The number of rotatable bonds is 5. The van der Waals surface area contributed by atoms with E-state index in [1.54, 1.807) is 12.1 Å². The molecule has 0 spiro atoms. The zero-order valence-corrected chi connectivity index (χ0v) is 12.6. The Labute approximate surface area is 124 Å². The van der Waals surface area contributed by atoms with Gasteiger partial charge >= 0.3 is 6.18 Å². The summed E-state index contributed by atoms with van der Waals surface area (Å²) in [5.41, 5.74) is 0.301. The SMILES string of the molecule is CCN1CCCC1CNC(C)c1ccc(C(F)(F)F)cc1. The molecule has 5 heteroatoms. The van der Waals surface area contributed by atoms with Gasteiger partial charge in [0, 0.05) is 18.6 Å². The molecule has 1 aliphatic rings. The second-order valence-corrected chi connectivity index (χ2v) is 5.67. The van der Waals surface area contributed by atoms with Crippen LogP contribution >= 0.6 is 0 Å². The Hall–Kier alpha value is -1.07. The summed E-state index contributed by atoms with van der Waals surface area (Å²) in [4.78, 5) is 2.45. The number of nitrogens with zero attached hydrogens (tertiary/aromatic N) is 1. The first-order chi connectivity index (χ1) is 9.91. The van der Waals surface area contributed by atoms with E-state index in [-0.39, 0.29) is 6.04 Å². The minimum Gasteiger partial charge on any atom is -0.309 e. The number of alkyl halides is 3. The lowest BCUT2D eigenvalue weighted by molar-refractivity contribution is -0.137. The third-order valence-electron chi connectivity index (χ3n) is 4.30. The Morgan fingerprint density at radius 1 is 1.29 bits per heavy atom. The van der Waals surface area contributed by atoms with Gasteiger partial charge in [-0.1, -0.05) is 19.1 Å². The van der Waals surface area contributed by atoms with Crippen molar-refractivity contribution in [3.8, 4) is 0 Å². The van der Waals surface area contributed by atoms with Crippen LogP contribution in [0.5, 0.6) is 0 Å². The normalized spacial score (nSPS) is 21.7. The number of hydrogen-bond donors (Lipinski definition) is 1. The van der Waals surface area contributed by atoms with Gasteiger partial charge in [0.25, 0.3) is 0 Å². The van der Waals surface area contributed by atoms with Gasteiger partial charge in [-0.25, -0.2) is 0 Å². The molecule has 0 aromatic heterocycles. The lowest BCUT2D eigenvalue weighted by Crippen LogP contribution is -2.38. The molecule has 2 atom stereocenters. The first-order valence-electron chi connectivity index (χ1n) is 7.56. The number of benzene rings is 1. The summed E-state index contributed by atoms with van der Waals surface area (Å²) in [5.74, 6) is 0.